The molecule has 0 aromatic heterocycles. The minimum atomic E-state index is -1.05. The second-order valence-electron chi connectivity index (χ2n) is 6.78. The zero-order valence-corrected chi connectivity index (χ0v) is 14.5. The van der Waals surface area contributed by atoms with E-state index in [0.29, 0.717) is 0 Å². The van der Waals surface area contributed by atoms with Crippen molar-refractivity contribution in [2.45, 2.75) is 60.8 Å². The van der Waals surface area contributed by atoms with E-state index in [2.05, 4.69) is 41.5 Å². The van der Waals surface area contributed by atoms with Crippen LogP contribution in [0.4, 0.5) is 0 Å². The average Bonchev–Trinajstić information content (AvgIpc) is 2.21. The zero-order chi connectivity index (χ0) is 13.5. The van der Waals surface area contributed by atoms with Gasteiger partial charge in [-0.3, -0.25) is 0 Å². The maximum absolute atomic E-state index is 6.07. The van der Waals surface area contributed by atoms with Crippen molar-refractivity contribution in [3.05, 3.63) is 0 Å². The van der Waals surface area contributed by atoms with Gasteiger partial charge in [-0.1, -0.05) is 53.3 Å². The van der Waals surface area contributed by atoms with Gasteiger partial charge in [0.1, 0.15) is 0 Å². The lowest BCUT2D eigenvalue weighted by molar-refractivity contribution is 0.608. The van der Waals surface area contributed by atoms with E-state index in [1.807, 2.05) is 0 Å². The van der Waals surface area contributed by atoms with Gasteiger partial charge in [-0.2, -0.15) is 0 Å². The highest BCUT2D eigenvalue weighted by Gasteiger charge is 2.18. The third-order valence-corrected chi connectivity index (χ3v) is 8.20. The fourth-order valence-electron chi connectivity index (χ4n) is 1.82. The van der Waals surface area contributed by atoms with Crippen LogP contribution in [-0.2, 0) is 11.8 Å². The molecule has 0 amide bonds. The van der Waals surface area contributed by atoms with Crippen LogP contribution in [-0.4, -0.2) is 18.5 Å². The Bertz CT molecular complexity index is 193. The minimum absolute atomic E-state index is 0.815. The fourth-order valence-corrected chi connectivity index (χ4v) is 6.40. The predicted molar refractivity (Wildman–Crippen MR) is 87.3 cm³/mol. The summed E-state index contributed by atoms with van der Waals surface area (Å²) in [5.41, 5.74) is 0. The topological polar surface area (TPSA) is 0 Å². The van der Waals surface area contributed by atoms with Crippen molar-refractivity contribution in [3.63, 3.8) is 0 Å². The van der Waals surface area contributed by atoms with E-state index in [4.69, 9.17) is 11.8 Å². The number of rotatable bonds is 9. The van der Waals surface area contributed by atoms with Gasteiger partial charge in [-0.05, 0) is 61.5 Å². The minimum Gasteiger partial charge on any atom is -0.0975 e. The molecule has 2 heteroatoms. The molecule has 0 radical (unpaired) electrons. The van der Waals surface area contributed by atoms with Crippen molar-refractivity contribution in [3.8, 4) is 0 Å². The van der Waals surface area contributed by atoms with Crippen LogP contribution in [0.1, 0.15) is 60.8 Å². The molecule has 0 bridgehead atoms. The lowest BCUT2D eigenvalue weighted by Crippen LogP contribution is -2.06. The first-order chi connectivity index (χ1) is 7.75. The van der Waals surface area contributed by atoms with Crippen LogP contribution < -0.4 is 0 Å². The van der Waals surface area contributed by atoms with Crippen molar-refractivity contribution in [1.82, 2.24) is 0 Å². The van der Waals surface area contributed by atoms with Crippen LogP contribution in [0.15, 0.2) is 0 Å². The fraction of sp³-hybridized carbons (Fsp3) is 1.00. The third-order valence-electron chi connectivity index (χ3n) is 3.34. The molecule has 0 aromatic carbocycles. The Morgan fingerprint density at radius 2 is 0.882 bits per heavy atom. The molecule has 0 rings (SSSR count). The molecule has 0 N–H and O–H groups in total. The van der Waals surface area contributed by atoms with E-state index in [0.717, 1.165) is 17.8 Å². The van der Waals surface area contributed by atoms with Gasteiger partial charge < -0.3 is 0 Å². The first kappa shape index (κ1) is 17.6. The van der Waals surface area contributed by atoms with Gasteiger partial charge in [0, 0.05) is 0 Å². The molecule has 0 nitrogen and oxygen atoms in total. The Labute approximate surface area is 115 Å². The molecular formula is C15H33PS. The average molecular weight is 276 g/mol. The van der Waals surface area contributed by atoms with Gasteiger partial charge in [-0.15, -0.1) is 0 Å². The summed E-state index contributed by atoms with van der Waals surface area (Å²) in [5, 5.41) is 0. The summed E-state index contributed by atoms with van der Waals surface area (Å²) in [4.78, 5) is 0. The molecule has 0 fully saturated rings. The molecule has 104 valence electrons. The van der Waals surface area contributed by atoms with Crippen LogP contribution in [0.5, 0.6) is 0 Å². The second kappa shape index (κ2) is 8.70. The van der Waals surface area contributed by atoms with E-state index in [-0.39, 0.29) is 0 Å². The van der Waals surface area contributed by atoms with Crippen LogP contribution in [0.3, 0.4) is 0 Å². The quantitative estimate of drug-likeness (QED) is 0.494. The molecule has 0 saturated carbocycles. The molecule has 0 saturated heterocycles. The Morgan fingerprint density at radius 1 is 0.647 bits per heavy atom. The molecule has 0 aliphatic rings. The summed E-state index contributed by atoms with van der Waals surface area (Å²) in [6, 6.07) is -1.05. The van der Waals surface area contributed by atoms with Crippen LogP contribution in [0.25, 0.3) is 0 Å². The maximum Gasteiger partial charge on any atom is -0.0232 e. The Morgan fingerprint density at radius 3 is 1.06 bits per heavy atom. The second-order valence-corrected chi connectivity index (χ2v) is 12.6. The van der Waals surface area contributed by atoms with Crippen LogP contribution >= 0.6 is 6.04 Å². The normalized spacial score (nSPS) is 13.0. The molecule has 0 aliphatic carbocycles. The van der Waals surface area contributed by atoms with Crippen molar-refractivity contribution in [1.29, 1.82) is 0 Å². The zero-order valence-electron chi connectivity index (χ0n) is 12.8. The van der Waals surface area contributed by atoms with Crippen molar-refractivity contribution in [2.24, 2.45) is 17.8 Å². The number of hydrogen-bond donors (Lipinski definition) is 0. The molecule has 0 spiro atoms. The summed E-state index contributed by atoms with van der Waals surface area (Å²) in [7, 11) is 0. The summed E-state index contributed by atoms with van der Waals surface area (Å²) in [6.45, 7) is 13.9. The maximum atomic E-state index is 6.07. The predicted octanol–water partition coefficient (Wildman–Crippen LogP) is 5.60. The SMILES string of the molecule is CC(C)CCP(=S)(CCC(C)C)CCC(C)C. The largest absolute Gasteiger partial charge is 0.0975 e. The first-order valence-corrected chi connectivity index (χ1v) is 10.7. The van der Waals surface area contributed by atoms with Gasteiger partial charge in [0.15, 0.2) is 0 Å². The highest BCUT2D eigenvalue weighted by atomic mass is 32.4. The highest BCUT2D eigenvalue weighted by molar-refractivity contribution is 8.14. The van der Waals surface area contributed by atoms with Crippen molar-refractivity contribution >= 4 is 17.8 Å². The smallest absolute Gasteiger partial charge is 0.0232 e. The Balaban J connectivity index is 4.29. The van der Waals surface area contributed by atoms with Crippen molar-refractivity contribution in [2.75, 3.05) is 18.5 Å². The lowest BCUT2D eigenvalue weighted by atomic mass is 10.2. The number of hydrogen-bond acceptors (Lipinski definition) is 1. The van der Waals surface area contributed by atoms with E-state index in [1.54, 1.807) is 0 Å². The molecule has 0 aromatic rings. The van der Waals surface area contributed by atoms with Gasteiger partial charge in [0.2, 0.25) is 0 Å². The van der Waals surface area contributed by atoms with Crippen LogP contribution in [0, 0.1) is 17.8 Å². The molecule has 0 unspecified atom stereocenters. The first-order valence-electron chi connectivity index (χ1n) is 7.32. The van der Waals surface area contributed by atoms with Gasteiger partial charge in [0.05, 0.1) is 0 Å². The summed E-state index contributed by atoms with van der Waals surface area (Å²) >= 11 is 6.07. The summed E-state index contributed by atoms with van der Waals surface area (Å²) in [6.07, 6.45) is 8.06. The highest BCUT2D eigenvalue weighted by Crippen LogP contribution is 2.49. The van der Waals surface area contributed by atoms with E-state index < -0.39 is 6.04 Å². The third kappa shape index (κ3) is 10.3. The summed E-state index contributed by atoms with van der Waals surface area (Å²) < 4.78 is 0. The Kier molecular flexibility index (Phi) is 9.03. The molecular weight excluding hydrogens is 243 g/mol. The van der Waals surface area contributed by atoms with Gasteiger partial charge in [-0.25, -0.2) is 0 Å². The molecule has 0 aliphatic heterocycles. The van der Waals surface area contributed by atoms with Gasteiger partial charge >= 0.3 is 0 Å². The van der Waals surface area contributed by atoms with Crippen LogP contribution in [0.2, 0.25) is 0 Å². The summed E-state index contributed by atoms with van der Waals surface area (Å²) in [5.74, 6) is 2.45. The Hall–Kier alpha value is 0.650. The monoisotopic (exact) mass is 276 g/mol. The van der Waals surface area contributed by atoms with E-state index in [1.165, 1.54) is 37.7 Å². The van der Waals surface area contributed by atoms with Crippen molar-refractivity contribution < 1.29 is 0 Å². The van der Waals surface area contributed by atoms with E-state index in [9.17, 15) is 0 Å². The molecule has 17 heavy (non-hydrogen) atoms. The molecule has 0 atom stereocenters. The van der Waals surface area contributed by atoms with Gasteiger partial charge in [0.25, 0.3) is 0 Å². The molecule has 0 heterocycles. The standard InChI is InChI=1S/C15H33PS/c1-13(2)7-10-16(17,11-8-14(3)4)12-9-15(5)6/h13-15H,7-12H2,1-6H3. The lowest BCUT2D eigenvalue weighted by Gasteiger charge is -2.25. The van der Waals surface area contributed by atoms with E-state index >= 15 is 0 Å².